The zero-order chi connectivity index (χ0) is 17.4. The largest absolute Gasteiger partial charge is 0.347 e. The van der Waals surface area contributed by atoms with Crippen LogP contribution in [0, 0.1) is 0 Å². The third kappa shape index (κ3) is 5.72. The minimum atomic E-state index is -0.658. The highest BCUT2D eigenvalue weighted by molar-refractivity contribution is 7.99. The van der Waals surface area contributed by atoms with Crippen molar-refractivity contribution in [1.82, 2.24) is 10.2 Å². The average Bonchev–Trinajstić information content (AvgIpc) is 2.57. The van der Waals surface area contributed by atoms with Crippen LogP contribution in [0.3, 0.4) is 0 Å². The van der Waals surface area contributed by atoms with E-state index >= 15 is 0 Å². The maximum atomic E-state index is 12.0. The Morgan fingerprint density at radius 1 is 0.958 bits per heavy atom. The summed E-state index contributed by atoms with van der Waals surface area (Å²) in [6.07, 6.45) is 0. The van der Waals surface area contributed by atoms with Crippen LogP contribution in [0.1, 0.15) is 0 Å². The average molecular weight is 343 g/mol. The number of hydrogen-bond donors (Lipinski definition) is 2. The Kier molecular flexibility index (Phi) is 6.84. The van der Waals surface area contributed by atoms with Crippen molar-refractivity contribution in [3.05, 3.63) is 54.6 Å². The van der Waals surface area contributed by atoms with E-state index in [0.717, 1.165) is 9.79 Å². The molecule has 5 nitrogen and oxygen atoms in total. The zero-order valence-corrected chi connectivity index (χ0v) is 14.6. The lowest BCUT2D eigenvalue weighted by Gasteiger charge is -2.12. The lowest BCUT2D eigenvalue weighted by molar-refractivity contribution is -0.136. The molecule has 0 aliphatic rings. The molecule has 2 aromatic rings. The van der Waals surface area contributed by atoms with Gasteiger partial charge in [-0.3, -0.25) is 9.59 Å². The van der Waals surface area contributed by atoms with Crippen molar-refractivity contribution in [1.29, 1.82) is 0 Å². The number of likely N-dealkylation sites (N-methyl/N-ethyl adjacent to an activating group) is 1. The van der Waals surface area contributed by atoms with Gasteiger partial charge in [-0.25, -0.2) is 0 Å². The minimum absolute atomic E-state index is 0.430. The molecular formula is C18H21N3O2S. The fraction of sp³-hybridized carbons (Fsp3) is 0.222. The van der Waals surface area contributed by atoms with Gasteiger partial charge in [-0.05, 0) is 38.4 Å². The van der Waals surface area contributed by atoms with Gasteiger partial charge in [-0.1, -0.05) is 42.1 Å². The Labute approximate surface area is 146 Å². The molecule has 0 unspecified atom stereocenters. The molecule has 0 aliphatic carbocycles. The van der Waals surface area contributed by atoms with E-state index < -0.39 is 11.8 Å². The number of carbonyl (C=O) groups excluding carboxylic acids is 2. The highest BCUT2D eigenvalue weighted by atomic mass is 32.2. The summed E-state index contributed by atoms with van der Waals surface area (Å²) in [5.41, 5.74) is 0.624. The van der Waals surface area contributed by atoms with Crippen LogP contribution in [0.2, 0.25) is 0 Å². The number of hydrogen-bond acceptors (Lipinski definition) is 4. The third-order valence-electron chi connectivity index (χ3n) is 3.16. The number of para-hydroxylation sites is 1. The fourth-order valence-electron chi connectivity index (χ4n) is 1.93. The van der Waals surface area contributed by atoms with E-state index in [4.69, 9.17) is 0 Å². The highest BCUT2D eigenvalue weighted by Gasteiger charge is 2.15. The number of carbonyl (C=O) groups is 2. The highest BCUT2D eigenvalue weighted by Crippen LogP contribution is 2.33. The lowest BCUT2D eigenvalue weighted by atomic mass is 10.3. The lowest BCUT2D eigenvalue weighted by Crippen LogP contribution is -2.38. The van der Waals surface area contributed by atoms with Crippen molar-refractivity contribution in [2.45, 2.75) is 9.79 Å². The van der Waals surface area contributed by atoms with E-state index in [2.05, 4.69) is 10.6 Å². The monoisotopic (exact) mass is 343 g/mol. The predicted molar refractivity (Wildman–Crippen MR) is 97.2 cm³/mol. The molecule has 0 heterocycles. The van der Waals surface area contributed by atoms with Gasteiger partial charge in [0.2, 0.25) is 0 Å². The van der Waals surface area contributed by atoms with Gasteiger partial charge in [0, 0.05) is 22.9 Å². The van der Waals surface area contributed by atoms with Crippen LogP contribution in [-0.2, 0) is 9.59 Å². The molecule has 24 heavy (non-hydrogen) atoms. The summed E-state index contributed by atoms with van der Waals surface area (Å²) in [5.74, 6) is -1.29. The number of benzene rings is 2. The van der Waals surface area contributed by atoms with E-state index in [1.54, 1.807) is 6.07 Å². The normalized spacial score (nSPS) is 10.5. The molecule has 0 aliphatic heterocycles. The Morgan fingerprint density at radius 3 is 2.33 bits per heavy atom. The van der Waals surface area contributed by atoms with Gasteiger partial charge in [0.1, 0.15) is 0 Å². The maximum Gasteiger partial charge on any atom is 0.313 e. The number of amides is 2. The number of nitrogens with one attached hydrogen (secondary N) is 2. The van der Waals surface area contributed by atoms with Gasteiger partial charge in [0.05, 0.1) is 5.69 Å². The third-order valence-corrected chi connectivity index (χ3v) is 4.24. The molecule has 0 aromatic heterocycles. The van der Waals surface area contributed by atoms with E-state index in [9.17, 15) is 9.59 Å². The molecular weight excluding hydrogens is 322 g/mol. The summed E-state index contributed by atoms with van der Waals surface area (Å²) in [7, 11) is 3.81. The van der Waals surface area contributed by atoms with Crippen LogP contribution in [0.5, 0.6) is 0 Å². The summed E-state index contributed by atoms with van der Waals surface area (Å²) in [5, 5.41) is 5.29. The molecule has 126 valence electrons. The molecule has 0 radical (unpaired) electrons. The van der Waals surface area contributed by atoms with Gasteiger partial charge in [0.15, 0.2) is 0 Å². The molecule has 6 heteroatoms. The second-order valence-corrected chi connectivity index (χ2v) is 6.54. The molecule has 0 saturated heterocycles. The molecule has 0 fully saturated rings. The van der Waals surface area contributed by atoms with E-state index in [1.807, 2.05) is 67.5 Å². The first-order valence-electron chi connectivity index (χ1n) is 7.62. The van der Waals surface area contributed by atoms with Crippen molar-refractivity contribution in [3.8, 4) is 0 Å². The van der Waals surface area contributed by atoms with Crippen molar-refractivity contribution in [2.24, 2.45) is 0 Å². The Morgan fingerprint density at radius 2 is 1.62 bits per heavy atom. The molecule has 2 aromatic carbocycles. The Hall–Kier alpha value is -2.31. The molecule has 2 amide bonds. The smallest absolute Gasteiger partial charge is 0.313 e. The molecule has 0 saturated carbocycles. The molecule has 2 N–H and O–H groups in total. The van der Waals surface area contributed by atoms with Gasteiger partial charge >= 0.3 is 11.8 Å². The first-order valence-corrected chi connectivity index (χ1v) is 8.44. The standard InChI is InChI=1S/C18H21N3O2S/c1-21(2)13-12-19-17(22)18(23)20-15-10-6-7-11-16(15)24-14-8-4-3-5-9-14/h3-11H,12-13H2,1-2H3,(H,19,22)(H,20,23). The first kappa shape index (κ1) is 18.0. The van der Waals surface area contributed by atoms with Crippen molar-refractivity contribution < 1.29 is 9.59 Å². The summed E-state index contributed by atoms with van der Waals surface area (Å²) in [6.45, 7) is 1.11. The molecule has 0 spiro atoms. The quantitative estimate of drug-likeness (QED) is 0.791. The number of anilines is 1. The summed E-state index contributed by atoms with van der Waals surface area (Å²) < 4.78 is 0. The first-order chi connectivity index (χ1) is 11.6. The van der Waals surface area contributed by atoms with Crippen LogP contribution >= 0.6 is 11.8 Å². The maximum absolute atomic E-state index is 12.0. The molecule has 0 atom stereocenters. The zero-order valence-electron chi connectivity index (χ0n) is 13.8. The van der Waals surface area contributed by atoms with Gasteiger partial charge < -0.3 is 15.5 Å². The van der Waals surface area contributed by atoms with Crippen LogP contribution < -0.4 is 10.6 Å². The van der Waals surface area contributed by atoms with Crippen LogP contribution in [0.25, 0.3) is 0 Å². The summed E-state index contributed by atoms with van der Waals surface area (Å²) in [6, 6.07) is 17.3. The SMILES string of the molecule is CN(C)CCNC(=O)C(=O)Nc1ccccc1Sc1ccccc1. The van der Waals surface area contributed by atoms with Crippen molar-refractivity contribution in [2.75, 3.05) is 32.5 Å². The van der Waals surface area contributed by atoms with Crippen LogP contribution in [0.4, 0.5) is 5.69 Å². The molecule has 0 bridgehead atoms. The molecule has 2 rings (SSSR count). The Balaban J connectivity index is 1.99. The van der Waals surface area contributed by atoms with Gasteiger partial charge in [0.25, 0.3) is 0 Å². The van der Waals surface area contributed by atoms with Crippen molar-refractivity contribution in [3.63, 3.8) is 0 Å². The van der Waals surface area contributed by atoms with Crippen LogP contribution in [0.15, 0.2) is 64.4 Å². The Bertz CT molecular complexity index is 690. The van der Waals surface area contributed by atoms with E-state index in [1.165, 1.54) is 11.8 Å². The van der Waals surface area contributed by atoms with E-state index in [0.29, 0.717) is 18.8 Å². The second kappa shape index (κ2) is 9.10. The minimum Gasteiger partial charge on any atom is -0.347 e. The van der Waals surface area contributed by atoms with Crippen molar-refractivity contribution >= 4 is 29.3 Å². The summed E-state index contributed by atoms with van der Waals surface area (Å²) in [4.78, 5) is 27.8. The number of nitrogens with zero attached hydrogens (tertiary/aromatic N) is 1. The number of rotatable bonds is 6. The van der Waals surface area contributed by atoms with Crippen LogP contribution in [-0.4, -0.2) is 43.9 Å². The second-order valence-electron chi connectivity index (χ2n) is 5.42. The summed E-state index contributed by atoms with van der Waals surface area (Å²) >= 11 is 1.54. The van der Waals surface area contributed by atoms with Gasteiger partial charge in [-0.2, -0.15) is 0 Å². The topological polar surface area (TPSA) is 61.4 Å². The van der Waals surface area contributed by atoms with Gasteiger partial charge in [-0.15, -0.1) is 0 Å². The fourth-order valence-corrected chi connectivity index (χ4v) is 2.85. The van der Waals surface area contributed by atoms with E-state index in [-0.39, 0.29) is 0 Å². The predicted octanol–water partition coefficient (Wildman–Crippen LogP) is 2.45.